The van der Waals surface area contributed by atoms with Crippen LogP contribution in [0.4, 0.5) is 4.79 Å². The highest BCUT2D eigenvalue weighted by Gasteiger charge is 2.48. The lowest BCUT2D eigenvalue weighted by Crippen LogP contribution is -2.59. The molecule has 2 amide bonds. The number of nitrogens with zero attached hydrogens (tertiary/aromatic N) is 2. The van der Waals surface area contributed by atoms with Crippen LogP contribution >= 0.6 is 0 Å². The first-order valence-electron chi connectivity index (χ1n) is 25.5. The third-order valence-electron chi connectivity index (χ3n) is 15.7. The van der Waals surface area contributed by atoms with Crippen LogP contribution in [0.3, 0.4) is 0 Å². The molecule has 0 aromatic heterocycles. The van der Waals surface area contributed by atoms with E-state index < -0.39 is 40.9 Å². The minimum Gasteiger partial charge on any atom is -0.541 e. The number of rotatable bonds is 21. The van der Waals surface area contributed by atoms with E-state index in [1.54, 1.807) is 40.5 Å². The van der Waals surface area contributed by atoms with Crippen molar-refractivity contribution in [3.8, 4) is 39.9 Å². The number of amides is 2. The van der Waals surface area contributed by atoms with Crippen LogP contribution in [0, 0.1) is 13.8 Å². The summed E-state index contributed by atoms with van der Waals surface area (Å²) in [6.07, 6.45) is 3.18. The Labute approximate surface area is 438 Å². The van der Waals surface area contributed by atoms with Gasteiger partial charge in [-0.3, -0.25) is 9.69 Å². The molecule has 1 aliphatic heterocycles. The molecule has 4 aromatic rings. The second-order valence-electron chi connectivity index (χ2n) is 22.5. The Bertz CT molecular complexity index is 2610. The maximum atomic E-state index is 16.6. The molecule has 0 bridgehead atoms. The summed E-state index contributed by atoms with van der Waals surface area (Å²) >= 11 is 0. The fraction of sp³-hybridized carbons (Fsp3) is 0.492. The Kier molecular flexibility index (Phi) is 17.8. The molecular formula is C59H82N2O10Si2. The first-order chi connectivity index (χ1) is 34.4. The second-order valence-corrected chi connectivity index (χ2v) is 32.0. The molecule has 12 nitrogen and oxygen atoms in total. The van der Waals surface area contributed by atoms with Crippen molar-refractivity contribution in [3.05, 3.63) is 125 Å². The monoisotopic (exact) mass is 1030 g/mol. The molecule has 73 heavy (non-hydrogen) atoms. The van der Waals surface area contributed by atoms with E-state index in [0.29, 0.717) is 40.7 Å². The topological polar surface area (TPSA) is 114 Å². The summed E-state index contributed by atoms with van der Waals surface area (Å²) in [4.78, 5) is 34.9. The molecule has 14 heteroatoms. The predicted octanol–water partition coefficient (Wildman–Crippen LogP) is 12.8. The summed E-state index contributed by atoms with van der Waals surface area (Å²) in [5.41, 5.74) is 8.34. The first kappa shape index (κ1) is 56.7. The van der Waals surface area contributed by atoms with Crippen molar-refractivity contribution in [2.45, 2.75) is 129 Å². The number of aryl methyl sites for hydroxylation is 1. The summed E-state index contributed by atoms with van der Waals surface area (Å²) in [6, 6.07) is 18.0. The number of likely N-dealkylation sites (N-methyl/N-ethyl adjacent to an activating group) is 1. The molecule has 0 spiro atoms. The molecule has 2 aliphatic rings. The molecule has 3 atom stereocenters. The number of carbonyl (C=O) groups is 2. The lowest BCUT2D eigenvalue weighted by atomic mass is 9.84. The highest BCUT2D eigenvalue weighted by Crippen LogP contribution is 2.52. The molecule has 0 unspecified atom stereocenters. The van der Waals surface area contributed by atoms with E-state index in [-0.39, 0.29) is 61.4 Å². The van der Waals surface area contributed by atoms with Crippen LogP contribution in [0.15, 0.2) is 86.0 Å². The number of carbonyl (C=O) groups excluding carboxylic acids is 2. The van der Waals surface area contributed by atoms with Crippen molar-refractivity contribution in [1.82, 2.24) is 9.80 Å². The van der Waals surface area contributed by atoms with Crippen molar-refractivity contribution < 1.29 is 46.9 Å². The average molecular weight is 1040 g/mol. The van der Waals surface area contributed by atoms with Gasteiger partial charge in [0.15, 0.2) is 25.6 Å². The second kappa shape index (κ2) is 22.9. The average Bonchev–Trinajstić information content (AvgIpc) is 3.65. The molecule has 0 saturated heterocycles. The van der Waals surface area contributed by atoms with Gasteiger partial charge in [0, 0.05) is 36.1 Å². The van der Waals surface area contributed by atoms with Gasteiger partial charge >= 0.3 is 6.09 Å². The van der Waals surface area contributed by atoms with Crippen LogP contribution < -0.4 is 23.4 Å². The van der Waals surface area contributed by atoms with Crippen molar-refractivity contribution in [1.29, 1.82) is 0 Å². The fourth-order valence-electron chi connectivity index (χ4n) is 9.70. The van der Waals surface area contributed by atoms with Crippen LogP contribution in [0.5, 0.6) is 28.7 Å². The molecule has 1 heterocycles. The highest BCUT2D eigenvalue weighted by atomic mass is 28.4. The van der Waals surface area contributed by atoms with E-state index in [4.69, 9.17) is 37.3 Å². The van der Waals surface area contributed by atoms with Gasteiger partial charge in [-0.15, -0.1) is 6.58 Å². The van der Waals surface area contributed by atoms with Crippen molar-refractivity contribution in [3.63, 3.8) is 0 Å². The Morgan fingerprint density at radius 3 is 1.89 bits per heavy atom. The SMILES string of the molecule is C=CCOC[C@H]1c2c(c(OC)c(C)c(OC)c2OCC=C)C[C@@H](CO[Si](C)(C)C(C)(C)C)N1C(=O)[C@H](Cc1cc(C)c(OC)c(O[Si](C)(C)C(C)(C)C)c1)N(C)C(=O)OCC1c2ccccc2-c2ccccc21. The minimum absolute atomic E-state index is 0.0503. The van der Waals surface area contributed by atoms with Gasteiger partial charge in [-0.1, -0.05) is 115 Å². The van der Waals surface area contributed by atoms with Gasteiger partial charge in [-0.25, -0.2) is 4.79 Å². The number of hydrogen-bond acceptors (Lipinski definition) is 10. The third kappa shape index (κ3) is 11.7. The highest BCUT2D eigenvalue weighted by molar-refractivity contribution is 6.75. The number of fused-ring (bicyclic) bond motifs is 4. The van der Waals surface area contributed by atoms with Crippen LogP contribution in [0.25, 0.3) is 11.1 Å². The summed E-state index contributed by atoms with van der Waals surface area (Å²) in [7, 11) is 1.74. The quantitative estimate of drug-likeness (QED) is 0.0454. The molecule has 0 N–H and O–H groups in total. The summed E-state index contributed by atoms with van der Waals surface area (Å²) < 4.78 is 51.7. The van der Waals surface area contributed by atoms with Gasteiger partial charge in [0.05, 0.1) is 53.2 Å². The Hall–Kier alpha value is -5.55. The van der Waals surface area contributed by atoms with Gasteiger partial charge in [0.2, 0.25) is 5.91 Å². The molecule has 0 saturated carbocycles. The van der Waals surface area contributed by atoms with E-state index >= 15 is 4.79 Å². The normalized spacial score (nSPS) is 16.1. The Morgan fingerprint density at radius 1 is 0.767 bits per heavy atom. The summed E-state index contributed by atoms with van der Waals surface area (Å²) in [6.45, 7) is 34.5. The predicted molar refractivity (Wildman–Crippen MR) is 297 cm³/mol. The van der Waals surface area contributed by atoms with Gasteiger partial charge < -0.3 is 42.2 Å². The van der Waals surface area contributed by atoms with Crippen molar-refractivity contribution in [2.24, 2.45) is 0 Å². The van der Waals surface area contributed by atoms with Crippen LogP contribution in [-0.2, 0) is 31.5 Å². The molecular weight excluding hydrogens is 953 g/mol. The van der Waals surface area contributed by atoms with Crippen molar-refractivity contribution in [2.75, 3.05) is 61.4 Å². The summed E-state index contributed by atoms with van der Waals surface area (Å²) in [5.74, 6) is 2.27. The van der Waals surface area contributed by atoms with Crippen LogP contribution in [0.2, 0.25) is 36.3 Å². The zero-order chi connectivity index (χ0) is 53.8. The lowest BCUT2D eigenvalue weighted by molar-refractivity contribution is -0.145. The zero-order valence-electron chi connectivity index (χ0n) is 46.6. The fourth-order valence-corrected chi connectivity index (χ4v) is 11.7. The van der Waals surface area contributed by atoms with Gasteiger partial charge in [0.25, 0.3) is 8.32 Å². The van der Waals surface area contributed by atoms with E-state index in [1.807, 2.05) is 55.1 Å². The zero-order valence-corrected chi connectivity index (χ0v) is 48.6. The third-order valence-corrected chi connectivity index (χ3v) is 24.5. The number of methoxy groups -OCH3 is 3. The molecule has 1 aliphatic carbocycles. The maximum Gasteiger partial charge on any atom is 0.410 e. The molecule has 4 aromatic carbocycles. The van der Waals surface area contributed by atoms with Gasteiger partial charge in [0.1, 0.15) is 30.8 Å². The standard InChI is InChI=1S/C59H82N2O10Si2/c1-19-29-67-37-49-51-46(53(65-13)39(4)54(66-14)55(51)68-30-20-2)34-41(35-70-72(15,16)58(5,6)7)61(49)56(62)48(32-40-31-38(3)52(64-12)50(33-40)71-73(17,18)59(8,9)10)60(11)57(63)69-36-47-44-27-23-21-25-42(44)43-26-22-24-28-45(43)47/h19-28,31,33,41,47-49H,1-2,29-30,32,34-37H2,3-18H3/t41-,48-,49-/m0/s1. The van der Waals surface area contributed by atoms with E-state index in [2.05, 4.69) is 105 Å². The maximum absolute atomic E-state index is 16.6. The first-order valence-corrected chi connectivity index (χ1v) is 31.3. The number of ether oxygens (including phenoxy) is 6. The smallest absolute Gasteiger partial charge is 0.410 e. The minimum atomic E-state index is -2.41. The van der Waals surface area contributed by atoms with E-state index in [9.17, 15) is 4.79 Å². The van der Waals surface area contributed by atoms with Crippen molar-refractivity contribution >= 4 is 28.6 Å². The summed E-state index contributed by atoms with van der Waals surface area (Å²) in [5, 5.41) is -0.241. The number of hydrogen-bond donors (Lipinski definition) is 0. The Morgan fingerprint density at radius 2 is 1.34 bits per heavy atom. The van der Waals surface area contributed by atoms with Crippen LogP contribution in [-0.4, -0.2) is 112 Å². The lowest BCUT2D eigenvalue weighted by Gasteiger charge is -2.47. The molecule has 396 valence electrons. The largest absolute Gasteiger partial charge is 0.541 e. The molecule has 6 rings (SSSR count). The molecule has 0 radical (unpaired) electrons. The Balaban J connectivity index is 1.55. The van der Waals surface area contributed by atoms with E-state index in [1.165, 1.54) is 4.90 Å². The van der Waals surface area contributed by atoms with E-state index in [0.717, 1.165) is 44.5 Å². The van der Waals surface area contributed by atoms with Gasteiger partial charge in [-0.05, 0) is 96.0 Å². The molecule has 0 fully saturated rings. The van der Waals surface area contributed by atoms with Crippen LogP contribution in [0.1, 0.15) is 92.4 Å². The van der Waals surface area contributed by atoms with Gasteiger partial charge in [-0.2, -0.15) is 0 Å². The number of benzene rings is 4.